The second kappa shape index (κ2) is 6.22. The van der Waals surface area contributed by atoms with Gasteiger partial charge in [0.05, 0.1) is 12.6 Å². The van der Waals surface area contributed by atoms with Crippen LogP contribution in [0.4, 0.5) is 19.0 Å². The van der Waals surface area contributed by atoms with Gasteiger partial charge in [0.25, 0.3) is 0 Å². The molecule has 1 fully saturated rings. The summed E-state index contributed by atoms with van der Waals surface area (Å²) in [6, 6.07) is 4.97. The van der Waals surface area contributed by atoms with E-state index in [1.54, 1.807) is 12.1 Å². The third kappa shape index (κ3) is 3.33. The lowest BCUT2D eigenvalue weighted by Crippen LogP contribution is -2.26. The van der Waals surface area contributed by atoms with Gasteiger partial charge in [-0.05, 0) is 25.0 Å². The van der Waals surface area contributed by atoms with Crippen molar-refractivity contribution in [1.29, 1.82) is 0 Å². The number of nitrogens with zero attached hydrogens (tertiary/aromatic N) is 3. The molecule has 1 saturated heterocycles. The van der Waals surface area contributed by atoms with Gasteiger partial charge in [-0.2, -0.15) is 13.2 Å². The van der Waals surface area contributed by atoms with Crippen molar-refractivity contribution in [2.24, 2.45) is 0 Å². The van der Waals surface area contributed by atoms with E-state index in [-0.39, 0.29) is 5.52 Å². The molecule has 23 heavy (non-hydrogen) atoms. The van der Waals surface area contributed by atoms with Crippen molar-refractivity contribution in [2.45, 2.75) is 31.9 Å². The molecule has 0 atom stereocenters. The number of aromatic nitrogens is 2. The number of anilines is 1. The summed E-state index contributed by atoms with van der Waals surface area (Å²) in [6.45, 7) is 1.44. The average Bonchev–Trinajstić information content (AvgIpc) is 2.81. The summed E-state index contributed by atoms with van der Waals surface area (Å²) in [5.74, 6) is -0.254. The number of rotatable bonds is 2. The molecule has 124 valence electrons. The van der Waals surface area contributed by atoms with Gasteiger partial charge in [0, 0.05) is 24.5 Å². The van der Waals surface area contributed by atoms with E-state index in [4.69, 9.17) is 4.74 Å². The Morgan fingerprint density at radius 3 is 2.35 bits per heavy atom. The van der Waals surface area contributed by atoms with Crippen LogP contribution in [0.1, 0.15) is 31.5 Å². The fourth-order valence-electron chi connectivity index (χ4n) is 2.87. The van der Waals surface area contributed by atoms with Crippen LogP contribution in [0, 0.1) is 0 Å². The zero-order valence-corrected chi connectivity index (χ0v) is 12.9. The van der Waals surface area contributed by atoms with Gasteiger partial charge in [-0.1, -0.05) is 12.8 Å². The Morgan fingerprint density at radius 2 is 1.74 bits per heavy atom. The number of halogens is 3. The molecule has 0 unspecified atom stereocenters. The number of hydrogen-bond donors (Lipinski definition) is 0. The molecule has 0 aliphatic carbocycles. The van der Waals surface area contributed by atoms with Crippen molar-refractivity contribution < 1.29 is 17.9 Å². The topological polar surface area (TPSA) is 38.2 Å². The van der Waals surface area contributed by atoms with Crippen molar-refractivity contribution in [3.63, 3.8) is 0 Å². The second-order valence-corrected chi connectivity index (χ2v) is 5.65. The van der Waals surface area contributed by atoms with E-state index in [2.05, 4.69) is 9.97 Å². The maximum atomic E-state index is 13.2. The van der Waals surface area contributed by atoms with Crippen LogP contribution in [0.5, 0.6) is 5.75 Å². The highest BCUT2D eigenvalue weighted by Gasteiger charge is 2.36. The molecule has 1 aromatic carbocycles. The van der Waals surface area contributed by atoms with Crippen molar-refractivity contribution >= 4 is 16.7 Å². The summed E-state index contributed by atoms with van der Waals surface area (Å²) in [6.07, 6.45) is -0.456. The molecule has 3 rings (SSSR count). The van der Waals surface area contributed by atoms with Crippen molar-refractivity contribution in [3.05, 3.63) is 24.0 Å². The fourth-order valence-corrected chi connectivity index (χ4v) is 2.87. The van der Waals surface area contributed by atoms with Crippen LogP contribution in [-0.4, -0.2) is 30.2 Å². The quantitative estimate of drug-likeness (QED) is 0.835. The summed E-state index contributed by atoms with van der Waals surface area (Å²) < 4.78 is 44.6. The molecule has 2 heterocycles. The highest BCUT2D eigenvalue weighted by atomic mass is 19.4. The van der Waals surface area contributed by atoms with Crippen LogP contribution < -0.4 is 9.64 Å². The fraction of sp³-hybridized carbons (Fsp3) is 0.500. The minimum atomic E-state index is -4.57. The van der Waals surface area contributed by atoms with Gasteiger partial charge < -0.3 is 9.64 Å². The first-order valence-electron chi connectivity index (χ1n) is 7.67. The molecule has 7 heteroatoms. The Labute approximate surface area is 132 Å². The summed E-state index contributed by atoms with van der Waals surface area (Å²) in [5, 5.41) is 0.626. The maximum Gasteiger partial charge on any atom is 0.451 e. The normalized spacial score (nSPS) is 16.4. The SMILES string of the molecule is COc1ccc2c(N3CCCCCC3)nc(C(F)(F)F)nc2c1. The minimum absolute atomic E-state index is 0.255. The zero-order chi connectivity index (χ0) is 16.4. The smallest absolute Gasteiger partial charge is 0.451 e. The van der Waals surface area contributed by atoms with Gasteiger partial charge >= 0.3 is 6.18 Å². The standard InChI is InChI=1S/C16H18F3N3O/c1-23-11-6-7-12-13(10-11)20-15(16(17,18)19)21-14(12)22-8-4-2-3-5-9-22/h6-7,10H,2-5,8-9H2,1H3. The van der Waals surface area contributed by atoms with E-state index >= 15 is 0 Å². The number of hydrogen-bond acceptors (Lipinski definition) is 4. The van der Waals surface area contributed by atoms with Crippen LogP contribution in [0.2, 0.25) is 0 Å². The van der Waals surface area contributed by atoms with Crippen LogP contribution in [0.25, 0.3) is 10.9 Å². The summed E-state index contributed by atoms with van der Waals surface area (Å²) >= 11 is 0. The molecule has 1 aliphatic heterocycles. The highest BCUT2D eigenvalue weighted by Crippen LogP contribution is 2.33. The predicted molar refractivity (Wildman–Crippen MR) is 81.8 cm³/mol. The maximum absolute atomic E-state index is 13.2. The third-order valence-corrected chi connectivity index (χ3v) is 4.04. The number of ether oxygens (including phenoxy) is 1. The molecule has 4 nitrogen and oxygen atoms in total. The van der Waals surface area contributed by atoms with Crippen LogP contribution in [0.3, 0.4) is 0 Å². The number of fused-ring (bicyclic) bond motifs is 1. The molecular formula is C16H18F3N3O. The summed E-state index contributed by atoms with van der Waals surface area (Å²) in [4.78, 5) is 9.48. The first-order valence-corrected chi connectivity index (χ1v) is 7.67. The summed E-state index contributed by atoms with van der Waals surface area (Å²) in [7, 11) is 1.47. The molecule has 0 saturated carbocycles. The lowest BCUT2D eigenvalue weighted by atomic mass is 10.2. The van der Waals surface area contributed by atoms with E-state index in [0.29, 0.717) is 17.0 Å². The monoisotopic (exact) mass is 325 g/mol. The van der Waals surface area contributed by atoms with Crippen molar-refractivity contribution in [3.8, 4) is 5.75 Å². The lowest BCUT2D eigenvalue weighted by Gasteiger charge is -2.23. The van der Waals surface area contributed by atoms with Crippen LogP contribution in [0.15, 0.2) is 18.2 Å². The average molecular weight is 325 g/mol. The Bertz CT molecular complexity index is 695. The molecule has 0 amide bonds. The Kier molecular flexibility index (Phi) is 4.28. The molecule has 1 aromatic heterocycles. The predicted octanol–water partition coefficient (Wildman–Crippen LogP) is 4.04. The van der Waals surface area contributed by atoms with Crippen molar-refractivity contribution in [1.82, 2.24) is 9.97 Å². The minimum Gasteiger partial charge on any atom is -0.497 e. The van der Waals surface area contributed by atoms with Gasteiger partial charge in [0.2, 0.25) is 5.82 Å². The van der Waals surface area contributed by atoms with Crippen LogP contribution >= 0.6 is 0 Å². The van der Waals surface area contributed by atoms with E-state index in [9.17, 15) is 13.2 Å². The molecule has 2 aromatic rings. The number of methoxy groups -OCH3 is 1. The molecule has 0 radical (unpaired) electrons. The summed E-state index contributed by atoms with van der Waals surface area (Å²) in [5.41, 5.74) is 0.255. The number of benzene rings is 1. The Balaban J connectivity index is 2.16. The third-order valence-electron chi connectivity index (χ3n) is 4.04. The van der Waals surface area contributed by atoms with Crippen LogP contribution in [-0.2, 0) is 6.18 Å². The first kappa shape index (κ1) is 15.8. The van der Waals surface area contributed by atoms with Gasteiger partial charge in [-0.3, -0.25) is 0 Å². The number of alkyl halides is 3. The Morgan fingerprint density at radius 1 is 1.04 bits per heavy atom. The Hall–Kier alpha value is -2.05. The zero-order valence-electron chi connectivity index (χ0n) is 12.9. The molecule has 0 bridgehead atoms. The van der Waals surface area contributed by atoms with Gasteiger partial charge in [-0.25, -0.2) is 9.97 Å². The van der Waals surface area contributed by atoms with E-state index in [1.807, 2.05) is 4.90 Å². The molecule has 1 aliphatic rings. The van der Waals surface area contributed by atoms with Gasteiger partial charge in [0.1, 0.15) is 11.6 Å². The van der Waals surface area contributed by atoms with E-state index in [0.717, 1.165) is 38.8 Å². The largest absolute Gasteiger partial charge is 0.497 e. The van der Waals surface area contributed by atoms with E-state index < -0.39 is 12.0 Å². The second-order valence-electron chi connectivity index (χ2n) is 5.65. The highest BCUT2D eigenvalue weighted by molar-refractivity contribution is 5.90. The van der Waals surface area contributed by atoms with Gasteiger partial charge in [-0.15, -0.1) is 0 Å². The molecular weight excluding hydrogens is 307 g/mol. The van der Waals surface area contributed by atoms with Crippen molar-refractivity contribution in [2.75, 3.05) is 25.1 Å². The lowest BCUT2D eigenvalue weighted by molar-refractivity contribution is -0.144. The van der Waals surface area contributed by atoms with Gasteiger partial charge in [0.15, 0.2) is 0 Å². The molecule has 0 spiro atoms. The molecule has 0 N–H and O–H groups in total. The first-order chi connectivity index (χ1) is 11.0. The van der Waals surface area contributed by atoms with E-state index in [1.165, 1.54) is 13.2 Å².